The molecule has 1 aromatic carbocycles. The molecule has 20 heavy (non-hydrogen) atoms. The summed E-state index contributed by atoms with van der Waals surface area (Å²) in [5.74, 6) is 0.104. The summed E-state index contributed by atoms with van der Waals surface area (Å²) >= 11 is 0. The molecule has 1 aliphatic heterocycles. The van der Waals surface area contributed by atoms with E-state index in [1.54, 1.807) is 0 Å². The summed E-state index contributed by atoms with van der Waals surface area (Å²) in [6.07, 6.45) is 0.202. The predicted molar refractivity (Wildman–Crippen MR) is 81.3 cm³/mol. The lowest BCUT2D eigenvalue weighted by Gasteiger charge is -2.35. The van der Waals surface area contributed by atoms with Crippen LogP contribution in [0.4, 0.5) is 5.69 Å². The van der Waals surface area contributed by atoms with Gasteiger partial charge in [0.25, 0.3) is 5.91 Å². The fraction of sp³-hybridized carbons (Fsp3) is 0.562. The van der Waals surface area contributed by atoms with Crippen LogP contribution in [0.15, 0.2) is 18.2 Å². The summed E-state index contributed by atoms with van der Waals surface area (Å²) in [6, 6.07) is 5.92. The van der Waals surface area contributed by atoms with E-state index in [9.17, 15) is 4.79 Å². The molecule has 0 saturated carbocycles. The second-order valence-electron chi connectivity index (χ2n) is 5.53. The van der Waals surface area contributed by atoms with Crippen LogP contribution < -0.4 is 5.32 Å². The Morgan fingerprint density at radius 1 is 1.35 bits per heavy atom. The summed E-state index contributed by atoms with van der Waals surface area (Å²) in [7, 11) is 0. The van der Waals surface area contributed by atoms with Gasteiger partial charge in [-0.15, -0.1) is 0 Å². The second kappa shape index (κ2) is 6.27. The Morgan fingerprint density at radius 3 is 2.55 bits per heavy atom. The minimum atomic E-state index is 0.101. The number of hydrogen-bond acceptors (Lipinski definition) is 3. The molecular weight excluding hydrogens is 252 g/mol. The van der Waals surface area contributed by atoms with Gasteiger partial charge in [0, 0.05) is 30.9 Å². The number of nitrogens with one attached hydrogen (secondary N) is 1. The number of rotatable bonds is 3. The maximum absolute atomic E-state index is 12.6. The van der Waals surface area contributed by atoms with Crippen LogP contribution in [0.25, 0.3) is 0 Å². The van der Waals surface area contributed by atoms with E-state index in [1.165, 1.54) is 0 Å². The zero-order chi connectivity index (χ0) is 14.7. The molecule has 0 bridgehead atoms. The van der Waals surface area contributed by atoms with Crippen molar-refractivity contribution in [3.8, 4) is 0 Å². The molecule has 0 aliphatic carbocycles. The molecular formula is C16H24N2O2. The van der Waals surface area contributed by atoms with Crippen molar-refractivity contribution >= 4 is 11.6 Å². The molecule has 4 nitrogen and oxygen atoms in total. The molecule has 1 amide bonds. The number of ether oxygens (including phenoxy) is 1. The number of carbonyl (C=O) groups is 1. The first-order chi connectivity index (χ1) is 9.51. The standard InChI is InChI=1S/C16H24N2O2/c1-5-17-14-6-7-15(11(2)8-14)16(19)18-9-12(3)20-13(4)10-18/h6-8,12-13,17H,5,9-10H2,1-4H3/t12-,13+. The Kier molecular flexibility index (Phi) is 4.65. The number of amides is 1. The van der Waals surface area contributed by atoms with E-state index in [0.29, 0.717) is 13.1 Å². The fourth-order valence-corrected chi connectivity index (χ4v) is 2.73. The van der Waals surface area contributed by atoms with E-state index in [1.807, 2.05) is 43.9 Å². The Balaban J connectivity index is 2.16. The minimum Gasteiger partial charge on any atom is -0.385 e. The van der Waals surface area contributed by atoms with Gasteiger partial charge in [0.1, 0.15) is 0 Å². The number of morpholine rings is 1. The smallest absolute Gasteiger partial charge is 0.254 e. The van der Waals surface area contributed by atoms with Crippen LogP contribution in [0.3, 0.4) is 0 Å². The third-order valence-corrected chi connectivity index (χ3v) is 3.54. The average molecular weight is 276 g/mol. The van der Waals surface area contributed by atoms with Crippen molar-refractivity contribution in [3.05, 3.63) is 29.3 Å². The fourth-order valence-electron chi connectivity index (χ4n) is 2.73. The van der Waals surface area contributed by atoms with Crippen LogP contribution in [0.2, 0.25) is 0 Å². The van der Waals surface area contributed by atoms with Crippen LogP contribution in [-0.2, 0) is 4.74 Å². The first-order valence-corrected chi connectivity index (χ1v) is 7.30. The van der Waals surface area contributed by atoms with Crippen molar-refractivity contribution in [1.29, 1.82) is 0 Å². The SMILES string of the molecule is CCNc1ccc(C(=O)N2C[C@@H](C)O[C@@H](C)C2)c(C)c1. The van der Waals surface area contributed by atoms with Crippen LogP contribution in [0, 0.1) is 6.92 Å². The third-order valence-electron chi connectivity index (χ3n) is 3.54. The van der Waals surface area contributed by atoms with Gasteiger partial charge in [-0.2, -0.15) is 0 Å². The van der Waals surface area contributed by atoms with Crippen molar-refractivity contribution in [1.82, 2.24) is 4.90 Å². The van der Waals surface area contributed by atoms with Crippen molar-refractivity contribution < 1.29 is 9.53 Å². The number of aryl methyl sites for hydroxylation is 1. The Bertz CT molecular complexity index is 477. The van der Waals surface area contributed by atoms with Gasteiger partial charge in [0.2, 0.25) is 0 Å². The van der Waals surface area contributed by atoms with Crippen molar-refractivity contribution in [2.75, 3.05) is 25.0 Å². The van der Waals surface area contributed by atoms with E-state index in [2.05, 4.69) is 12.2 Å². The number of carbonyl (C=O) groups excluding carboxylic acids is 1. The summed E-state index contributed by atoms with van der Waals surface area (Å²) in [6.45, 7) is 10.3. The van der Waals surface area contributed by atoms with Crippen molar-refractivity contribution in [2.24, 2.45) is 0 Å². The van der Waals surface area contributed by atoms with Crippen LogP contribution >= 0.6 is 0 Å². The molecule has 4 heteroatoms. The highest BCUT2D eigenvalue weighted by atomic mass is 16.5. The zero-order valence-corrected chi connectivity index (χ0v) is 12.8. The minimum absolute atomic E-state index is 0.101. The highest BCUT2D eigenvalue weighted by Gasteiger charge is 2.27. The maximum Gasteiger partial charge on any atom is 0.254 e. The first-order valence-electron chi connectivity index (χ1n) is 7.30. The molecule has 1 saturated heterocycles. The monoisotopic (exact) mass is 276 g/mol. The quantitative estimate of drug-likeness (QED) is 0.923. The molecule has 1 aromatic rings. The number of anilines is 1. The van der Waals surface area contributed by atoms with Crippen molar-refractivity contribution in [2.45, 2.75) is 39.9 Å². The Hall–Kier alpha value is -1.55. The number of hydrogen-bond donors (Lipinski definition) is 1. The summed E-state index contributed by atoms with van der Waals surface area (Å²) in [5, 5.41) is 3.26. The third kappa shape index (κ3) is 3.31. The molecule has 110 valence electrons. The van der Waals surface area contributed by atoms with Gasteiger partial charge in [-0.05, 0) is 51.5 Å². The molecule has 0 radical (unpaired) electrons. The summed E-state index contributed by atoms with van der Waals surface area (Å²) in [4.78, 5) is 14.5. The first kappa shape index (κ1) is 14.9. The van der Waals surface area contributed by atoms with E-state index < -0.39 is 0 Å². The normalized spacial score (nSPS) is 22.7. The molecule has 1 heterocycles. The lowest BCUT2D eigenvalue weighted by molar-refractivity contribution is -0.0586. The molecule has 1 N–H and O–H groups in total. The lowest BCUT2D eigenvalue weighted by Crippen LogP contribution is -2.48. The highest BCUT2D eigenvalue weighted by Crippen LogP contribution is 2.19. The van der Waals surface area contributed by atoms with Crippen molar-refractivity contribution in [3.63, 3.8) is 0 Å². The molecule has 1 fully saturated rings. The van der Waals surface area contributed by atoms with E-state index in [4.69, 9.17) is 4.74 Å². The van der Waals surface area contributed by atoms with Gasteiger partial charge in [0.15, 0.2) is 0 Å². The molecule has 2 atom stereocenters. The van der Waals surface area contributed by atoms with E-state index in [0.717, 1.165) is 23.4 Å². The number of benzene rings is 1. The predicted octanol–water partition coefficient (Wildman–Crippen LogP) is 2.68. The topological polar surface area (TPSA) is 41.6 Å². The average Bonchev–Trinajstić information content (AvgIpc) is 2.37. The maximum atomic E-state index is 12.6. The van der Waals surface area contributed by atoms with Gasteiger partial charge in [-0.3, -0.25) is 4.79 Å². The van der Waals surface area contributed by atoms with Crippen LogP contribution in [0.5, 0.6) is 0 Å². The van der Waals surface area contributed by atoms with Crippen LogP contribution in [-0.4, -0.2) is 42.6 Å². The molecule has 2 rings (SSSR count). The van der Waals surface area contributed by atoms with Gasteiger partial charge < -0.3 is 15.0 Å². The Morgan fingerprint density at radius 2 is 2.00 bits per heavy atom. The number of nitrogens with zero attached hydrogens (tertiary/aromatic N) is 1. The van der Waals surface area contributed by atoms with Gasteiger partial charge in [-0.25, -0.2) is 0 Å². The molecule has 0 unspecified atom stereocenters. The van der Waals surface area contributed by atoms with Gasteiger partial charge in [-0.1, -0.05) is 0 Å². The van der Waals surface area contributed by atoms with E-state index in [-0.39, 0.29) is 18.1 Å². The molecule has 1 aliphatic rings. The Labute approximate surface area is 121 Å². The summed E-state index contributed by atoms with van der Waals surface area (Å²) < 4.78 is 5.68. The van der Waals surface area contributed by atoms with E-state index >= 15 is 0 Å². The highest BCUT2D eigenvalue weighted by molar-refractivity contribution is 5.96. The summed E-state index contributed by atoms with van der Waals surface area (Å²) in [5.41, 5.74) is 2.86. The largest absolute Gasteiger partial charge is 0.385 e. The van der Waals surface area contributed by atoms with Gasteiger partial charge in [0.05, 0.1) is 12.2 Å². The lowest BCUT2D eigenvalue weighted by atomic mass is 10.1. The zero-order valence-electron chi connectivity index (χ0n) is 12.8. The molecule has 0 aromatic heterocycles. The molecule has 0 spiro atoms. The van der Waals surface area contributed by atoms with Gasteiger partial charge >= 0.3 is 0 Å². The second-order valence-corrected chi connectivity index (χ2v) is 5.53. The van der Waals surface area contributed by atoms with Crippen LogP contribution in [0.1, 0.15) is 36.7 Å².